The van der Waals surface area contributed by atoms with Crippen LogP contribution in [0.3, 0.4) is 0 Å². The van der Waals surface area contributed by atoms with E-state index in [9.17, 15) is 4.79 Å². The summed E-state index contributed by atoms with van der Waals surface area (Å²) in [5.41, 5.74) is 2.93. The summed E-state index contributed by atoms with van der Waals surface area (Å²) >= 11 is 6.37. The Morgan fingerprint density at radius 2 is 2.00 bits per heavy atom. The second kappa shape index (κ2) is 8.83. The lowest BCUT2D eigenvalue weighted by atomic mass is 10.1. The van der Waals surface area contributed by atoms with E-state index in [2.05, 4.69) is 15.2 Å². The van der Waals surface area contributed by atoms with Crippen LogP contribution in [0.25, 0.3) is 0 Å². The average molecular weight is 372 g/mol. The van der Waals surface area contributed by atoms with E-state index in [0.29, 0.717) is 22.8 Å². The molecule has 6 heteroatoms. The van der Waals surface area contributed by atoms with Crippen molar-refractivity contribution in [2.75, 3.05) is 36.5 Å². The molecule has 1 amide bonds. The number of hydrogen-bond donors (Lipinski definition) is 2. The molecule has 1 aliphatic heterocycles. The van der Waals surface area contributed by atoms with Crippen LogP contribution in [0.5, 0.6) is 0 Å². The van der Waals surface area contributed by atoms with Crippen molar-refractivity contribution in [2.45, 2.75) is 12.8 Å². The van der Waals surface area contributed by atoms with Crippen LogP contribution in [0.1, 0.15) is 28.8 Å². The fourth-order valence-corrected chi connectivity index (χ4v) is 3.25. The van der Waals surface area contributed by atoms with Gasteiger partial charge in [0.05, 0.1) is 23.7 Å². The van der Waals surface area contributed by atoms with Gasteiger partial charge in [0.1, 0.15) is 0 Å². The summed E-state index contributed by atoms with van der Waals surface area (Å²) in [6, 6.07) is 13.0. The molecule has 3 rings (SSSR count). The van der Waals surface area contributed by atoms with Crippen LogP contribution in [0.4, 0.5) is 11.4 Å². The Morgan fingerprint density at radius 3 is 2.73 bits per heavy atom. The zero-order valence-corrected chi connectivity index (χ0v) is 15.2. The number of benzene rings is 2. The molecule has 0 aromatic heterocycles. The number of rotatable bonds is 6. The van der Waals surface area contributed by atoms with E-state index >= 15 is 0 Å². The molecule has 0 saturated carbocycles. The summed E-state index contributed by atoms with van der Waals surface area (Å²) in [5.74, 6) is -0.258. The van der Waals surface area contributed by atoms with Crippen molar-refractivity contribution in [1.29, 1.82) is 0 Å². The summed E-state index contributed by atoms with van der Waals surface area (Å²) in [5, 5.41) is 12.2. The molecule has 0 spiro atoms. The van der Waals surface area contributed by atoms with Crippen LogP contribution in [-0.4, -0.2) is 43.5 Å². The number of nitrogens with zero attached hydrogens (tertiary/aromatic N) is 2. The average Bonchev–Trinajstić information content (AvgIpc) is 3.18. The largest absolute Gasteiger partial charge is 0.394 e. The number of aliphatic hydroxyl groups is 1. The molecule has 2 N–H and O–H groups in total. The Balaban J connectivity index is 1.76. The van der Waals surface area contributed by atoms with Crippen molar-refractivity contribution in [1.82, 2.24) is 0 Å². The summed E-state index contributed by atoms with van der Waals surface area (Å²) < 4.78 is 0. The van der Waals surface area contributed by atoms with Gasteiger partial charge < -0.3 is 15.3 Å². The van der Waals surface area contributed by atoms with Crippen molar-refractivity contribution < 1.29 is 9.90 Å². The highest BCUT2D eigenvalue weighted by atomic mass is 35.5. The molecule has 1 saturated heterocycles. The van der Waals surface area contributed by atoms with Gasteiger partial charge in [-0.15, -0.1) is 0 Å². The van der Waals surface area contributed by atoms with Gasteiger partial charge in [-0.05, 0) is 37.1 Å². The van der Waals surface area contributed by atoms with E-state index < -0.39 is 0 Å². The number of hydrogen-bond acceptors (Lipinski definition) is 4. The zero-order valence-electron chi connectivity index (χ0n) is 14.5. The number of para-hydroxylation sites is 1. The standard InChI is InChI=1S/C20H22ClN3O2/c21-18-13-16(24-10-3-4-11-24)7-8-17(18)20(26)23-19-6-2-1-5-15(19)14-22-9-12-25/h1-2,5-8,13-14,25H,3-4,9-12H2,(H,23,26)/b22-14+. The highest BCUT2D eigenvalue weighted by Crippen LogP contribution is 2.27. The second-order valence-corrected chi connectivity index (χ2v) is 6.57. The topological polar surface area (TPSA) is 64.9 Å². The van der Waals surface area contributed by atoms with Gasteiger partial charge in [-0.1, -0.05) is 29.8 Å². The Kier molecular flexibility index (Phi) is 6.26. The predicted octanol–water partition coefficient (Wildman–Crippen LogP) is 3.60. The number of halogens is 1. The molecule has 136 valence electrons. The van der Waals surface area contributed by atoms with Crippen molar-refractivity contribution in [3.05, 3.63) is 58.6 Å². The molecule has 0 aliphatic carbocycles. The van der Waals surface area contributed by atoms with Crippen molar-refractivity contribution in [3.8, 4) is 0 Å². The van der Waals surface area contributed by atoms with Gasteiger partial charge in [0, 0.05) is 36.2 Å². The van der Waals surface area contributed by atoms with E-state index in [1.807, 2.05) is 36.4 Å². The Labute approximate surface area is 158 Å². The molecule has 2 aromatic carbocycles. The van der Waals surface area contributed by atoms with E-state index in [0.717, 1.165) is 24.3 Å². The number of nitrogens with one attached hydrogen (secondary N) is 1. The molecule has 1 fully saturated rings. The van der Waals surface area contributed by atoms with E-state index in [1.165, 1.54) is 12.8 Å². The van der Waals surface area contributed by atoms with Gasteiger partial charge >= 0.3 is 0 Å². The summed E-state index contributed by atoms with van der Waals surface area (Å²) in [6.45, 7) is 2.38. The molecule has 2 aromatic rings. The second-order valence-electron chi connectivity index (χ2n) is 6.16. The molecule has 26 heavy (non-hydrogen) atoms. The third-order valence-corrected chi connectivity index (χ3v) is 4.65. The summed E-state index contributed by atoms with van der Waals surface area (Å²) in [7, 11) is 0. The highest BCUT2D eigenvalue weighted by Gasteiger charge is 2.16. The van der Waals surface area contributed by atoms with Crippen LogP contribution >= 0.6 is 11.6 Å². The molecule has 5 nitrogen and oxygen atoms in total. The SMILES string of the molecule is O=C(Nc1ccccc1/C=N/CCO)c1ccc(N2CCCC2)cc1Cl. The summed E-state index contributed by atoms with van der Waals surface area (Å²) in [6.07, 6.45) is 4.02. The van der Waals surface area contributed by atoms with Crippen molar-refractivity contribution in [3.63, 3.8) is 0 Å². The Morgan fingerprint density at radius 1 is 1.23 bits per heavy atom. The Bertz CT molecular complexity index is 801. The zero-order chi connectivity index (χ0) is 18.4. The van der Waals surface area contributed by atoms with Gasteiger partial charge in [-0.25, -0.2) is 0 Å². The molecule has 0 bridgehead atoms. The quantitative estimate of drug-likeness (QED) is 0.762. The van der Waals surface area contributed by atoms with Crippen LogP contribution in [-0.2, 0) is 0 Å². The molecule has 1 heterocycles. The minimum absolute atomic E-state index is 0.00992. The van der Waals surface area contributed by atoms with Crippen molar-refractivity contribution in [2.24, 2.45) is 4.99 Å². The van der Waals surface area contributed by atoms with Crippen LogP contribution in [0.15, 0.2) is 47.5 Å². The van der Waals surface area contributed by atoms with E-state index in [1.54, 1.807) is 12.3 Å². The molecular weight excluding hydrogens is 350 g/mol. The number of aliphatic hydroxyl groups excluding tert-OH is 1. The third-order valence-electron chi connectivity index (χ3n) is 4.34. The van der Waals surface area contributed by atoms with Crippen LogP contribution in [0, 0.1) is 0 Å². The van der Waals surface area contributed by atoms with Crippen LogP contribution < -0.4 is 10.2 Å². The van der Waals surface area contributed by atoms with Crippen LogP contribution in [0.2, 0.25) is 5.02 Å². The van der Waals surface area contributed by atoms with Gasteiger partial charge in [0.15, 0.2) is 0 Å². The van der Waals surface area contributed by atoms with Gasteiger partial charge in [0.2, 0.25) is 0 Å². The minimum atomic E-state index is -0.258. The Hall–Kier alpha value is -2.37. The molecule has 0 unspecified atom stereocenters. The smallest absolute Gasteiger partial charge is 0.257 e. The normalized spacial score (nSPS) is 14.2. The lowest BCUT2D eigenvalue weighted by molar-refractivity contribution is 0.102. The number of amides is 1. The van der Waals surface area contributed by atoms with Gasteiger partial charge in [-0.3, -0.25) is 9.79 Å². The lowest BCUT2D eigenvalue weighted by Crippen LogP contribution is -2.18. The highest BCUT2D eigenvalue weighted by molar-refractivity contribution is 6.34. The first-order chi connectivity index (χ1) is 12.7. The maximum absolute atomic E-state index is 12.7. The van der Waals surface area contributed by atoms with E-state index in [-0.39, 0.29) is 12.5 Å². The number of anilines is 2. The maximum Gasteiger partial charge on any atom is 0.257 e. The first-order valence-electron chi connectivity index (χ1n) is 8.74. The lowest BCUT2D eigenvalue weighted by Gasteiger charge is -2.18. The summed E-state index contributed by atoms with van der Waals surface area (Å²) in [4.78, 5) is 19.1. The monoisotopic (exact) mass is 371 g/mol. The number of carbonyl (C=O) groups is 1. The number of carbonyl (C=O) groups excluding carboxylic acids is 1. The minimum Gasteiger partial charge on any atom is -0.394 e. The van der Waals surface area contributed by atoms with Crippen molar-refractivity contribution >= 4 is 35.1 Å². The fraction of sp³-hybridized carbons (Fsp3) is 0.300. The van der Waals surface area contributed by atoms with Gasteiger partial charge in [0.25, 0.3) is 5.91 Å². The molecule has 1 aliphatic rings. The first kappa shape index (κ1) is 18.4. The fourth-order valence-electron chi connectivity index (χ4n) is 2.99. The van der Waals surface area contributed by atoms with Gasteiger partial charge in [-0.2, -0.15) is 0 Å². The van der Waals surface area contributed by atoms with E-state index in [4.69, 9.17) is 16.7 Å². The third kappa shape index (κ3) is 4.42. The maximum atomic E-state index is 12.7. The predicted molar refractivity (Wildman–Crippen MR) is 107 cm³/mol. The molecule has 0 atom stereocenters. The first-order valence-corrected chi connectivity index (χ1v) is 9.12. The molecule has 0 radical (unpaired) electrons. The number of aliphatic imine (C=N–C) groups is 1. The molecular formula is C20H22ClN3O2.